The summed E-state index contributed by atoms with van der Waals surface area (Å²) in [5, 5.41) is 12.5. The van der Waals surface area contributed by atoms with Gasteiger partial charge < -0.3 is 10.8 Å². The van der Waals surface area contributed by atoms with E-state index in [0.717, 1.165) is 19.3 Å². The van der Waals surface area contributed by atoms with Gasteiger partial charge in [-0.05, 0) is 48.8 Å². The lowest BCUT2D eigenvalue weighted by Crippen LogP contribution is -2.26. The van der Waals surface area contributed by atoms with Gasteiger partial charge in [0.25, 0.3) is 0 Å². The van der Waals surface area contributed by atoms with Crippen LogP contribution in [0.25, 0.3) is 0 Å². The highest BCUT2D eigenvalue weighted by molar-refractivity contribution is 7.09. The van der Waals surface area contributed by atoms with Gasteiger partial charge in [-0.15, -0.1) is 11.3 Å². The van der Waals surface area contributed by atoms with Crippen molar-refractivity contribution in [3.05, 3.63) is 57.8 Å². The van der Waals surface area contributed by atoms with Crippen LogP contribution in [0.2, 0.25) is 0 Å². The molecule has 0 amide bonds. The number of thiophene rings is 1. The molecule has 1 heterocycles. The number of aliphatic hydroxyl groups excluding tert-OH is 1. The van der Waals surface area contributed by atoms with Crippen molar-refractivity contribution < 1.29 is 5.11 Å². The highest BCUT2D eigenvalue weighted by atomic mass is 32.1. The first kappa shape index (κ1) is 15.2. The van der Waals surface area contributed by atoms with Gasteiger partial charge >= 0.3 is 0 Å². The second-order valence-electron chi connectivity index (χ2n) is 5.24. The number of benzene rings is 1. The monoisotopic (exact) mass is 289 g/mol. The van der Waals surface area contributed by atoms with Crippen molar-refractivity contribution in [3.8, 4) is 0 Å². The van der Waals surface area contributed by atoms with E-state index >= 15 is 0 Å². The van der Waals surface area contributed by atoms with E-state index in [1.54, 1.807) is 11.3 Å². The van der Waals surface area contributed by atoms with Gasteiger partial charge in [-0.2, -0.15) is 0 Å². The first-order chi connectivity index (χ1) is 9.72. The summed E-state index contributed by atoms with van der Waals surface area (Å²) in [4.78, 5) is 1.39. The number of rotatable bonds is 7. The Morgan fingerprint density at radius 2 is 2.00 bits per heavy atom. The van der Waals surface area contributed by atoms with Gasteiger partial charge in [0.2, 0.25) is 0 Å². The van der Waals surface area contributed by atoms with Crippen molar-refractivity contribution in [1.29, 1.82) is 0 Å². The third-order valence-corrected chi connectivity index (χ3v) is 4.75. The molecular formula is C17H23NOS. The van der Waals surface area contributed by atoms with E-state index < -0.39 is 0 Å². The summed E-state index contributed by atoms with van der Waals surface area (Å²) in [6.07, 6.45) is 2.49. The maximum atomic E-state index is 10.4. The van der Waals surface area contributed by atoms with E-state index in [4.69, 9.17) is 5.73 Å². The zero-order valence-corrected chi connectivity index (χ0v) is 12.8. The molecule has 1 aromatic carbocycles. The van der Waals surface area contributed by atoms with E-state index in [1.807, 2.05) is 12.1 Å². The third-order valence-electron chi connectivity index (χ3n) is 3.81. The van der Waals surface area contributed by atoms with E-state index in [2.05, 4.69) is 36.6 Å². The van der Waals surface area contributed by atoms with Crippen LogP contribution in [0.5, 0.6) is 0 Å². The molecule has 2 rings (SSSR count). The number of aryl methyl sites for hydroxylation is 2. The average Bonchev–Trinajstić information content (AvgIpc) is 2.95. The van der Waals surface area contributed by atoms with Gasteiger partial charge in [0.05, 0.1) is 6.10 Å². The Morgan fingerprint density at radius 3 is 2.65 bits per heavy atom. The number of hydrogen-bond donors (Lipinski definition) is 2. The molecule has 0 bridgehead atoms. The SMILES string of the molecule is Cc1ccccc1C(CN)C(O)CCCc1cccs1. The maximum Gasteiger partial charge on any atom is 0.0621 e. The molecule has 108 valence electrons. The first-order valence-corrected chi connectivity index (χ1v) is 8.06. The Labute approximate surface area is 125 Å². The molecule has 0 aliphatic carbocycles. The standard InChI is InChI=1S/C17H23NOS/c1-13-6-2-3-9-15(13)16(12-18)17(19)10-4-7-14-8-5-11-20-14/h2-3,5-6,8-9,11,16-17,19H,4,7,10,12,18H2,1H3. The van der Waals surface area contributed by atoms with E-state index in [0.29, 0.717) is 6.54 Å². The lowest BCUT2D eigenvalue weighted by molar-refractivity contribution is 0.133. The van der Waals surface area contributed by atoms with Crippen molar-refractivity contribution in [3.63, 3.8) is 0 Å². The average molecular weight is 289 g/mol. The molecule has 0 saturated heterocycles. The Balaban J connectivity index is 1.92. The van der Waals surface area contributed by atoms with E-state index in [9.17, 15) is 5.11 Å². The summed E-state index contributed by atoms with van der Waals surface area (Å²) in [5.74, 6) is 0.0412. The van der Waals surface area contributed by atoms with Crippen molar-refractivity contribution >= 4 is 11.3 Å². The summed E-state index contributed by atoms with van der Waals surface area (Å²) in [6.45, 7) is 2.57. The fourth-order valence-corrected chi connectivity index (χ4v) is 3.39. The molecular weight excluding hydrogens is 266 g/mol. The molecule has 0 spiro atoms. The van der Waals surface area contributed by atoms with Crippen molar-refractivity contribution in [2.24, 2.45) is 5.73 Å². The van der Waals surface area contributed by atoms with E-state index in [-0.39, 0.29) is 12.0 Å². The van der Waals surface area contributed by atoms with Crippen molar-refractivity contribution in [2.45, 2.75) is 38.2 Å². The molecule has 0 radical (unpaired) electrons. The number of nitrogens with two attached hydrogens (primary N) is 1. The van der Waals surface area contributed by atoms with Gasteiger partial charge in [-0.1, -0.05) is 30.3 Å². The normalized spacial score (nSPS) is 14.2. The zero-order chi connectivity index (χ0) is 14.4. The third kappa shape index (κ3) is 3.92. The molecule has 2 nitrogen and oxygen atoms in total. The second-order valence-corrected chi connectivity index (χ2v) is 6.27. The molecule has 2 atom stereocenters. The molecule has 20 heavy (non-hydrogen) atoms. The smallest absolute Gasteiger partial charge is 0.0621 e. The highest BCUT2D eigenvalue weighted by Crippen LogP contribution is 2.25. The predicted octanol–water partition coefficient (Wildman–Crippen LogP) is 3.48. The highest BCUT2D eigenvalue weighted by Gasteiger charge is 2.20. The zero-order valence-electron chi connectivity index (χ0n) is 12.0. The van der Waals surface area contributed by atoms with E-state index in [1.165, 1.54) is 16.0 Å². The summed E-state index contributed by atoms with van der Waals surface area (Å²) in [6, 6.07) is 12.4. The molecule has 2 unspecified atom stereocenters. The van der Waals surface area contributed by atoms with Crippen molar-refractivity contribution in [1.82, 2.24) is 0 Å². The Hall–Kier alpha value is -1.16. The number of aliphatic hydroxyl groups is 1. The Kier molecular flexibility index (Phi) is 5.77. The minimum atomic E-state index is -0.360. The van der Waals surface area contributed by atoms with Crippen LogP contribution in [0.1, 0.15) is 34.8 Å². The van der Waals surface area contributed by atoms with Crippen LogP contribution in [0, 0.1) is 6.92 Å². The Bertz CT molecular complexity index is 509. The van der Waals surface area contributed by atoms with Crippen LogP contribution < -0.4 is 5.73 Å². The fourth-order valence-electron chi connectivity index (χ4n) is 2.64. The summed E-state index contributed by atoms with van der Waals surface area (Å²) < 4.78 is 0. The van der Waals surface area contributed by atoms with Gasteiger partial charge in [0.15, 0.2) is 0 Å². The van der Waals surface area contributed by atoms with Crippen LogP contribution in [0.15, 0.2) is 41.8 Å². The topological polar surface area (TPSA) is 46.2 Å². The van der Waals surface area contributed by atoms with Gasteiger partial charge in [-0.3, -0.25) is 0 Å². The van der Waals surface area contributed by atoms with Gasteiger partial charge in [0, 0.05) is 17.3 Å². The van der Waals surface area contributed by atoms with Crippen LogP contribution >= 0.6 is 11.3 Å². The molecule has 3 N–H and O–H groups in total. The summed E-state index contributed by atoms with van der Waals surface area (Å²) in [5.41, 5.74) is 8.27. The minimum absolute atomic E-state index is 0.0412. The maximum absolute atomic E-state index is 10.4. The largest absolute Gasteiger partial charge is 0.392 e. The number of hydrogen-bond acceptors (Lipinski definition) is 3. The van der Waals surface area contributed by atoms with Crippen LogP contribution in [0.3, 0.4) is 0 Å². The molecule has 0 saturated carbocycles. The summed E-state index contributed by atoms with van der Waals surface area (Å²) >= 11 is 1.78. The van der Waals surface area contributed by atoms with Crippen LogP contribution in [-0.2, 0) is 6.42 Å². The molecule has 3 heteroatoms. The molecule has 0 fully saturated rings. The molecule has 0 aliphatic heterocycles. The second kappa shape index (κ2) is 7.58. The van der Waals surface area contributed by atoms with Crippen LogP contribution in [0.4, 0.5) is 0 Å². The fraction of sp³-hybridized carbons (Fsp3) is 0.412. The molecule has 1 aromatic heterocycles. The Morgan fingerprint density at radius 1 is 1.20 bits per heavy atom. The predicted molar refractivity (Wildman–Crippen MR) is 86.2 cm³/mol. The van der Waals surface area contributed by atoms with Gasteiger partial charge in [-0.25, -0.2) is 0 Å². The minimum Gasteiger partial charge on any atom is -0.392 e. The van der Waals surface area contributed by atoms with Gasteiger partial charge in [0.1, 0.15) is 0 Å². The van der Waals surface area contributed by atoms with Crippen molar-refractivity contribution in [2.75, 3.05) is 6.54 Å². The first-order valence-electron chi connectivity index (χ1n) is 7.18. The molecule has 2 aromatic rings. The van der Waals surface area contributed by atoms with Crippen LogP contribution in [-0.4, -0.2) is 17.8 Å². The summed E-state index contributed by atoms with van der Waals surface area (Å²) in [7, 11) is 0. The lowest BCUT2D eigenvalue weighted by Gasteiger charge is -2.23. The quantitative estimate of drug-likeness (QED) is 0.819. The molecule has 0 aliphatic rings. The lowest BCUT2D eigenvalue weighted by atomic mass is 9.88.